The first-order valence-corrected chi connectivity index (χ1v) is 9.16. The van der Waals surface area contributed by atoms with Crippen LogP contribution in [0.25, 0.3) is 0 Å². The molecule has 1 aliphatic heterocycles. The van der Waals surface area contributed by atoms with Gasteiger partial charge in [-0.25, -0.2) is 0 Å². The monoisotopic (exact) mass is 328 g/mol. The SMILES string of the molecule is Cc1ccc(NC(=O)C(C)N2CCCC2c2ccsc2)c(C)c1. The molecule has 1 saturated heterocycles. The molecule has 4 heteroatoms. The van der Waals surface area contributed by atoms with Crippen molar-refractivity contribution in [3.05, 3.63) is 51.7 Å². The van der Waals surface area contributed by atoms with Crippen LogP contribution in [0.3, 0.4) is 0 Å². The fourth-order valence-corrected chi connectivity index (χ4v) is 4.12. The van der Waals surface area contributed by atoms with E-state index in [1.165, 1.54) is 11.1 Å². The molecule has 0 bridgehead atoms. The van der Waals surface area contributed by atoms with Gasteiger partial charge in [0.2, 0.25) is 5.91 Å². The minimum absolute atomic E-state index is 0.0825. The fourth-order valence-electron chi connectivity index (χ4n) is 3.42. The van der Waals surface area contributed by atoms with Gasteiger partial charge in [-0.05, 0) is 74.2 Å². The van der Waals surface area contributed by atoms with Crippen molar-refractivity contribution in [1.82, 2.24) is 4.90 Å². The van der Waals surface area contributed by atoms with Gasteiger partial charge in [0.25, 0.3) is 0 Å². The maximum atomic E-state index is 12.7. The van der Waals surface area contributed by atoms with Crippen LogP contribution in [0, 0.1) is 13.8 Å². The van der Waals surface area contributed by atoms with Gasteiger partial charge in [-0.1, -0.05) is 17.7 Å². The van der Waals surface area contributed by atoms with Gasteiger partial charge in [-0.2, -0.15) is 11.3 Å². The van der Waals surface area contributed by atoms with Crippen LogP contribution in [-0.2, 0) is 4.79 Å². The fraction of sp³-hybridized carbons (Fsp3) is 0.421. The number of rotatable bonds is 4. The summed E-state index contributed by atoms with van der Waals surface area (Å²) < 4.78 is 0. The molecule has 0 saturated carbocycles. The Morgan fingerprint density at radius 2 is 2.17 bits per heavy atom. The molecule has 2 aromatic rings. The van der Waals surface area contributed by atoms with Gasteiger partial charge in [0.1, 0.15) is 0 Å². The van der Waals surface area contributed by atoms with Gasteiger partial charge in [-0.3, -0.25) is 9.69 Å². The second-order valence-corrected chi connectivity index (χ2v) is 7.22. The quantitative estimate of drug-likeness (QED) is 0.894. The average molecular weight is 328 g/mol. The van der Waals surface area contributed by atoms with Crippen LogP contribution in [-0.4, -0.2) is 23.4 Å². The predicted octanol–water partition coefficient (Wildman–Crippen LogP) is 4.53. The van der Waals surface area contributed by atoms with Crippen molar-refractivity contribution in [3.8, 4) is 0 Å². The first-order valence-electron chi connectivity index (χ1n) is 8.22. The van der Waals surface area contributed by atoms with Crippen molar-refractivity contribution in [2.45, 2.75) is 45.7 Å². The minimum atomic E-state index is -0.122. The molecule has 0 spiro atoms. The van der Waals surface area contributed by atoms with Gasteiger partial charge in [0, 0.05) is 11.7 Å². The largest absolute Gasteiger partial charge is 0.324 e. The number of nitrogens with zero attached hydrogens (tertiary/aromatic N) is 1. The lowest BCUT2D eigenvalue weighted by molar-refractivity contribution is -0.121. The first kappa shape index (κ1) is 16.2. The number of aryl methyl sites for hydroxylation is 2. The lowest BCUT2D eigenvalue weighted by Crippen LogP contribution is -2.41. The summed E-state index contributed by atoms with van der Waals surface area (Å²) in [4.78, 5) is 15.0. The number of likely N-dealkylation sites (tertiary alicyclic amines) is 1. The highest BCUT2D eigenvalue weighted by Gasteiger charge is 2.33. The molecule has 1 amide bonds. The molecule has 1 aromatic carbocycles. The number of anilines is 1. The van der Waals surface area contributed by atoms with E-state index in [0.717, 1.165) is 30.6 Å². The third-order valence-electron chi connectivity index (χ3n) is 4.74. The van der Waals surface area contributed by atoms with Crippen molar-refractivity contribution in [1.29, 1.82) is 0 Å². The van der Waals surface area contributed by atoms with E-state index in [0.29, 0.717) is 6.04 Å². The van der Waals surface area contributed by atoms with Crippen molar-refractivity contribution >= 4 is 22.9 Å². The predicted molar refractivity (Wildman–Crippen MR) is 97.0 cm³/mol. The molecule has 0 aliphatic carbocycles. The number of hydrogen-bond donors (Lipinski definition) is 1. The standard InChI is InChI=1S/C19H24N2OS/c1-13-6-7-17(14(2)11-13)20-19(22)15(3)21-9-4-5-18(21)16-8-10-23-12-16/h6-8,10-12,15,18H,4-5,9H2,1-3H3,(H,20,22). The highest BCUT2D eigenvalue weighted by Crippen LogP contribution is 2.34. The first-order chi connectivity index (χ1) is 11.1. The van der Waals surface area contributed by atoms with E-state index in [9.17, 15) is 4.79 Å². The molecule has 1 fully saturated rings. The van der Waals surface area contributed by atoms with Crippen LogP contribution in [0.1, 0.15) is 42.5 Å². The summed E-state index contributed by atoms with van der Waals surface area (Å²) in [6.07, 6.45) is 2.29. The van der Waals surface area contributed by atoms with Crippen LogP contribution in [0.5, 0.6) is 0 Å². The van der Waals surface area contributed by atoms with E-state index in [-0.39, 0.29) is 11.9 Å². The number of hydrogen-bond acceptors (Lipinski definition) is 3. The van der Waals surface area contributed by atoms with E-state index < -0.39 is 0 Å². The van der Waals surface area contributed by atoms with Crippen LogP contribution in [0.4, 0.5) is 5.69 Å². The topological polar surface area (TPSA) is 32.3 Å². The summed E-state index contributed by atoms with van der Waals surface area (Å²) in [6.45, 7) is 7.11. The smallest absolute Gasteiger partial charge is 0.241 e. The Kier molecular flexibility index (Phi) is 4.83. The molecular weight excluding hydrogens is 304 g/mol. The minimum Gasteiger partial charge on any atom is -0.324 e. The van der Waals surface area contributed by atoms with Gasteiger partial charge in [0.05, 0.1) is 6.04 Å². The third kappa shape index (κ3) is 3.48. The molecule has 2 heterocycles. The third-order valence-corrected chi connectivity index (χ3v) is 5.44. The van der Waals surface area contributed by atoms with E-state index in [1.807, 2.05) is 26.0 Å². The molecule has 2 unspecified atom stereocenters. The zero-order valence-corrected chi connectivity index (χ0v) is 14.8. The Bertz CT molecular complexity index is 681. The summed E-state index contributed by atoms with van der Waals surface area (Å²) in [5.41, 5.74) is 4.59. The zero-order chi connectivity index (χ0) is 16.4. The lowest BCUT2D eigenvalue weighted by Gasteiger charge is -2.29. The molecule has 3 rings (SSSR count). The Hall–Kier alpha value is -1.65. The molecule has 0 radical (unpaired) electrons. The Balaban J connectivity index is 1.71. The van der Waals surface area contributed by atoms with Crippen molar-refractivity contribution in [2.75, 3.05) is 11.9 Å². The Morgan fingerprint density at radius 3 is 2.87 bits per heavy atom. The maximum absolute atomic E-state index is 12.7. The molecule has 122 valence electrons. The van der Waals surface area contributed by atoms with E-state index in [1.54, 1.807) is 11.3 Å². The summed E-state index contributed by atoms with van der Waals surface area (Å²) in [6, 6.07) is 8.57. The summed E-state index contributed by atoms with van der Waals surface area (Å²) in [5.74, 6) is 0.0825. The van der Waals surface area contributed by atoms with Crippen molar-refractivity contribution in [3.63, 3.8) is 0 Å². The second-order valence-electron chi connectivity index (χ2n) is 6.44. The Morgan fingerprint density at radius 1 is 1.35 bits per heavy atom. The molecule has 23 heavy (non-hydrogen) atoms. The van der Waals surface area contributed by atoms with Crippen LogP contribution in [0.2, 0.25) is 0 Å². The van der Waals surface area contributed by atoms with Gasteiger partial charge in [0.15, 0.2) is 0 Å². The molecular formula is C19H24N2OS. The van der Waals surface area contributed by atoms with Gasteiger partial charge in [-0.15, -0.1) is 0 Å². The van der Waals surface area contributed by atoms with E-state index in [4.69, 9.17) is 0 Å². The van der Waals surface area contributed by atoms with E-state index >= 15 is 0 Å². The number of carbonyl (C=O) groups excluding carboxylic acids is 1. The lowest BCUT2D eigenvalue weighted by atomic mass is 10.1. The molecule has 2 atom stereocenters. The van der Waals surface area contributed by atoms with Gasteiger partial charge < -0.3 is 5.32 Å². The maximum Gasteiger partial charge on any atom is 0.241 e. The Labute approximate surface area is 142 Å². The second kappa shape index (κ2) is 6.85. The number of amides is 1. The highest BCUT2D eigenvalue weighted by atomic mass is 32.1. The molecule has 1 aromatic heterocycles. The molecule has 3 nitrogen and oxygen atoms in total. The average Bonchev–Trinajstić information content (AvgIpc) is 3.19. The normalized spacial score (nSPS) is 19.7. The highest BCUT2D eigenvalue weighted by molar-refractivity contribution is 7.07. The van der Waals surface area contributed by atoms with Gasteiger partial charge >= 0.3 is 0 Å². The van der Waals surface area contributed by atoms with Crippen molar-refractivity contribution < 1.29 is 4.79 Å². The van der Waals surface area contributed by atoms with Crippen molar-refractivity contribution in [2.24, 2.45) is 0 Å². The number of carbonyl (C=O) groups is 1. The van der Waals surface area contributed by atoms with Crippen LogP contribution < -0.4 is 5.32 Å². The van der Waals surface area contributed by atoms with Crippen LogP contribution >= 0.6 is 11.3 Å². The van der Waals surface area contributed by atoms with E-state index in [2.05, 4.69) is 40.0 Å². The number of thiophene rings is 1. The molecule has 1 N–H and O–H groups in total. The van der Waals surface area contributed by atoms with Crippen LogP contribution in [0.15, 0.2) is 35.0 Å². The number of nitrogens with one attached hydrogen (secondary N) is 1. The number of benzene rings is 1. The molecule has 1 aliphatic rings. The summed E-state index contributed by atoms with van der Waals surface area (Å²) >= 11 is 1.73. The summed E-state index contributed by atoms with van der Waals surface area (Å²) in [5, 5.41) is 7.43. The zero-order valence-electron chi connectivity index (χ0n) is 14.0. The summed E-state index contributed by atoms with van der Waals surface area (Å²) in [7, 11) is 0.